The van der Waals surface area contributed by atoms with E-state index < -0.39 is 15.7 Å². The van der Waals surface area contributed by atoms with Crippen molar-refractivity contribution in [2.24, 2.45) is 26.6 Å². The van der Waals surface area contributed by atoms with Crippen molar-refractivity contribution in [1.29, 1.82) is 0 Å². The fourth-order valence-electron chi connectivity index (χ4n) is 3.53. The van der Waals surface area contributed by atoms with Crippen molar-refractivity contribution in [1.82, 2.24) is 0 Å². The molecule has 0 atom stereocenters. The number of ether oxygens (including phenoxy) is 1. The maximum atomic E-state index is 11.7. The Balaban J connectivity index is 2.11. The molecule has 1 spiro atoms. The van der Waals surface area contributed by atoms with E-state index in [-0.39, 0.29) is 22.6 Å². The largest absolute Gasteiger partial charge is 0.495 e. The van der Waals surface area contributed by atoms with Crippen molar-refractivity contribution in [2.75, 3.05) is 12.0 Å². The molecular formula is C15H22N6O3S. The van der Waals surface area contributed by atoms with Gasteiger partial charge in [-0.05, 0) is 37.8 Å². The van der Waals surface area contributed by atoms with Gasteiger partial charge < -0.3 is 16.2 Å². The summed E-state index contributed by atoms with van der Waals surface area (Å²) in [5, 5.41) is 5.24. The Morgan fingerprint density at radius 1 is 1.20 bits per heavy atom. The zero-order chi connectivity index (χ0) is 18.2. The molecule has 1 aromatic carbocycles. The Morgan fingerprint density at radius 2 is 1.88 bits per heavy atom. The van der Waals surface area contributed by atoms with E-state index in [4.69, 9.17) is 21.3 Å². The van der Waals surface area contributed by atoms with E-state index in [0.29, 0.717) is 5.69 Å². The fraction of sp³-hybridized carbons (Fsp3) is 0.467. The van der Waals surface area contributed by atoms with E-state index in [0.717, 1.165) is 32.1 Å². The zero-order valence-corrected chi connectivity index (χ0v) is 14.8. The van der Waals surface area contributed by atoms with Gasteiger partial charge in [-0.2, -0.15) is 4.99 Å². The lowest BCUT2D eigenvalue weighted by Crippen LogP contribution is -2.58. The highest BCUT2D eigenvalue weighted by atomic mass is 32.2. The molecule has 0 radical (unpaired) electrons. The Morgan fingerprint density at radius 3 is 2.48 bits per heavy atom. The van der Waals surface area contributed by atoms with Crippen LogP contribution in [0.3, 0.4) is 0 Å². The highest BCUT2D eigenvalue weighted by molar-refractivity contribution is 7.89. The van der Waals surface area contributed by atoms with Gasteiger partial charge in [-0.1, -0.05) is 6.42 Å². The van der Waals surface area contributed by atoms with Gasteiger partial charge >= 0.3 is 0 Å². The summed E-state index contributed by atoms with van der Waals surface area (Å²) in [6.45, 7) is 0. The molecule has 0 saturated heterocycles. The first-order chi connectivity index (χ1) is 11.8. The Labute approximate surface area is 146 Å². The standard InChI is InChI=1S/C15H22N6O3S/c1-24-11-9-10(5-6-12(11)25(18,22)23)21-14(17)19-13(16)20-15(21)7-3-2-4-8-15/h5-6,9H,2-4,7-8H2,1H3,(H2,18,22,23)(H4,16,17,19,20). The van der Waals surface area contributed by atoms with Gasteiger partial charge in [0.2, 0.25) is 21.9 Å². The molecule has 10 heteroatoms. The number of anilines is 1. The average Bonchev–Trinajstić information content (AvgIpc) is 2.53. The molecule has 9 nitrogen and oxygen atoms in total. The Bertz CT molecular complexity index is 843. The quantitative estimate of drug-likeness (QED) is 0.707. The van der Waals surface area contributed by atoms with Crippen LogP contribution in [0.5, 0.6) is 5.75 Å². The topological polar surface area (TPSA) is 149 Å². The lowest BCUT2D eigenvalue weighted by atomic mass is 9.87. The number of guanidine groups is 2. The summed E-state index contributed by atoms with van der Waals surface area (Å²) >= 11 is 0. The molecule has 3 rings (SSSR count). The Kier molecular flexibility index (Phi) is 4.33. The van der Waals surface area contributed by atoms with E-state index in [9.17, 15) is 8.42 Å². The second-order valence-electron chi connectivity index (χ2n) is 6.20. The lowest BCUT2D eigenvalue weighted by molar-refractivity contribution is 0.305. The summed E-state index contributed by atoms with van der Waals surface area (Å²) in [6.07, 6.45) is 4.67. The van der Waals surface area contributed by atoms with Crippen LogP contribution in [0, 0.1) is 0 Å². The summed E-state index contributed by atoms with van der Waals surface area (Å²) < 4.78 is 28.6. The third-order valence-corrected chi connectivity index (χ3v) is 5.51. The van der Waals surface area contributed by atoms with Crippen LogP contribution >= 0.6 is 0 Å². The van der Waals surface area contributed by atoms with Gasteiger partial charge in [-0.3, -0.25) is 4.90 Å². The predicted octanol–water partition coefficient (Wildman–Crippen LogP) is 0.452. The fourth-order valence-corrected chi connectivity index (χ4v) is 4.21. The molecule has 0 unspecified atom stereocenters. The molecule has 1 saturated carbocycles. The molecule has 136 valence electrons. The molecule has 25 heavy (non-hydrogen) atoms. The number of hydrogen-bond acceptors (Lipinski definition) is 8. The van der Waals surface area contributed by atoms with E-state index in [1.807, 2.05) is 0 Å². The van der Waals surface area contributed by atoms with Gasteiger partial charge in [0.25, 0.3) is 0 Å². The SMILES string of the molecule is COc1cc(N2C(N)=NC(N)=NC23CCCCC3)ccc1S(N)(=O)=O. The summed E-state index contributed by atoms with van der Waals surface area (Å²) in [7, 11) is -2.52. The number of hydrogen-bond donors (Lipinski definition) is 3. The van der Waals surface area contributed by atoms with Crippen LogP contribution in [0.15, 0.2) is 33.1 Å². The number of nitrogens with zero attached hydrogens (tertiary/aromatic N) is 3. The first-order valence-electron chi connectivity index (χ1n) is 7.97. The minimum absolute atomic E-state index is 0.0908. The average molecular weight is 366 g/mol. The highest BCUT2D eigenvalue weighted by Crippen LogP contribution is 2.41. The number of methoxy groups -OCH3 is 1. The summed E-state index contributed by atoms with van der Waals surface area (Å²) in [5.41, 5.74) is 12.0. The number of sulfonamides is 1. The molecule has 0 aromatic heterocycles. The number of aliphatic imine (C=N–C) groups is 2. The predicted molar refractivity (Wildman–Crippen MR) is 95.9 cm³/mol. The third-order valence-electron chi connectivity index (χ3n) is 4.56. The minimum atomic E-state index is -3.90. The monoisotopic (exact) mass is 366 g/mol. The van der Waals surface area contributed by atoms with Gasteiger partial charge in [0, 0.05) is 6.07 Å². The first-order valence-corrected chi connectivity index (χ1v) is 9.52. The minimum Gasteiger partial charge on any atom is -0.495 e. The lowest BCUT2D eigenvalue weighted by Gasteiger charge is -2.45. The Hall–Kier alpha value is -2.33. The third kappa shape index (κ3) is 3.14. The molecule has 1 heterocycles. The highest BCUT2D eigenvalue weighted by Gasteiger charge is 2.42. The molecule has 2 aliphatic rings. The van der Waals surface area contributed by atoms with E-state index in [2.05, 4.69) is 9.98 Å². The van der Waals surface area contributed by atoms with Gasteiger partial charge in [0.05, 0.1) is 12.8 Å². The zero-order valence-electron chi connectivity index (χ0n) is 14.0. The molecule has 1 aliphatic carbocycles. The molecule has 0 bridgehead atoms. The van der Waals surface area contributed by atoms with E-state index in [1.165, 1.54) is 13.2 Å². The van der Waals surface area contributed by atoms with Crippen molar-refractivity contribution < 1.29 is 13.2 Å². The van der Waals surface area contributed by atoms with Gasteiger partial charge in [0.15, 0.2) is 0 Å². The molecule has 6 N–H and O–H groups in total. The molecule has 1 fully saturated rings. The maximum Gasteiger partial charge on any atom is 0.241 e. The first kappa shape index (κ1) is 17.5. The van der Waals surface area contributed by atoms with Crippen LogP contribution < -0.4 is 26.2 Å². The molecular weight excluding hydrogens is 344 g/mol. The van der Waals surface area contributed by atoms with Crippen LogP contribution in [-0.4, -0.2) is 33.1 Å². The number of primary sulfonamides is 1. The molecule has 1 aromatic rings. The van der Waals surface area contributed by atoms with Crippen LogP contribution in [0.4, 0.5) is 5.69 Å². The molecule has 0 amide bonds. The van der Waals surface area contributed by atoms with E-state index >= 15 is 0 Å². The number of rotatable bonds is 3. The van der Waals surface area contributed by atoms with Crippen molar-refractivity contribution in [3.8, 4) is 5.75 Å². The maximum absolute atomic E-state index is 11.7. The summed E-state index contributed by atoms with van der Waals surface area (Å²) in [4.78, 5) is 10.4. The van der Waals surface area contributed by atoms with Gasteiger partial charge in [-0.25, -0.2) is 18.5 Å². The number of benzene rings is 1. The molecule has 1 aliphatic heterocycles. The van der Waals surface area contributed by atoms with Crippen molar-refractivity contribution in [3.05, 3.63) is 18.2 Å². The van der Waals surface area contributed by atoms with Crippen molar-refractivity contribution in [3.63, 3.8) is 0 Å². The smallest absolute Gasteiger partial charge is 0.241 e. The summed E-state index contributed by atoms with van der Waals surface area (Å²) in [5.74, 6) is 0.518. The normalized spacial score (nSPS) is 20.2. The van der Waals surface area contributed by atoms with Crippen LogP contribution in [0.2, 0.25) is 0 Å². The van der Waals surface area contributed by atoms with E-state index in [1.54, 1.807) is 17.0 Å². The van der Waals surface area contributed by atoms with Crippen LogP contribution in [0.1, 0.15) is 32.1 Å². The van der Waals surface area contributed by atoms with Crippen molar-refractivity contribution in [2.45, 2.75) is 42.7 Å². The van der Waals surface area contributed by atoms with Crippen LogP contribution in [0.25, 0.3) is 0 Å². The van der Waals surface area contributed by atoms with Gasteiger partial charge in [-0.15, -0.1) is 0 Å². The number of nitrogens with two attached hydrogens (primary N) is 3. The second-order valence-corrected chi connectivity index (χ2v) is 7.73. The van der Waals surface area contributed by atoms with Crippen molar-refractivity contribution >= 4 is 27.6 Å². The second kappa shape index (κ2) is 6.19. The van der Waals surface area contributed by atoms with Crippen LogP contribution in [-0.2, 0) is 10.0 Å². The van der Waals surface area contributed by atoms with Gasteiger partial charge in [0.1, 0.15) is 16.3 Å². The summed E-state index contributed by atoms with van der Waals surface area (Å²) in [6, 6.07) is 4.60.